The lowest BCUT2D eigenvalue weighted by Gasteiger charge is -2.21. The number of phosphoric acid groups is 1. The summed E-state index contributed by atoms with van der Waals surface area (Å²) in [6.07, 6.45) is 1.31. The maximum absolute atomic E-state index is 11.0. The third kappa shape index (κ3) is 5.66. The average Bonchev–Trinajstić information content (AvgIpc) is 2.52. The Kier molecular flexibility index (Phi) is 6.18. The van der Waals surface area contributed by atoms with Crippen LogP contribution in [0.3, 0.4) is 0 Å². The fourth-order valence-electron chi connectivity index (χ4n) is 2.73. The first kappa shape index (κ1) is 20.1. The summed E-state index contributed by atoms with van der Waals surface area (Å²) in [6, 6.07) is 9.18. The maximum Gasteiger partial charge on any atom is 0.524 e. The van der Waals surface area contributed by atoms with E-state index < -0.39 is 7.82 Å². The van der Waals surface area contributed by atoms with Crippen molar-refractivity contribution in [3.8, 4) is 23.0 Å². The van der Waals surface area contributed by atoms with Crippen molar-refractivity contribution in [2.75, 3.05) is 0 Å². The zero-order valence-electron chi connectivity index (χ0n) is 14.5. The van der Waals surface area contributed by atoms with Crippen molar-refractivity contribution in [2.24, 2.45) is 11.8 Å². The SMILES string of the molecule is CC(Cc1ccc(O)c(O)c1)C(C)Cc1ccc(O)c(OP(=O)(O)O)c1. The highest BCUT2D eigenvalue weighted by molar-refractivity contribution is 7.46. The van der Waals surface area contributed by atoms with Crippen molar-refractivity contribution in [3.63, 3.8) is 0 Å². The quantitative estimate of drug-likeness (QED) is 0.367. The molecule has 2 rings (SSSR count). The number of phosphoric ester groups is 1. The zero-order valence-corrected chi connectivity index (χ0v) is 15.4. The molecular weight excluding hydrogens is 359 g/mol. The minimum Gasteiger partial charge on any atom is -0.504 e. The summed E-state index contributed by atoms with van der Waals surface area (Å²) < 4.78 is 15.5. The lowest BCUT2D eigenvalue weighted by Crippen LogP contribution is -2.13. The molecule has 0 aromatic heterocycles. The van der Waals surface area contributed by atoms with E-state index in [-0.39, 0.29) is 34.8 Å². The molecule has 0 fully saturated rings. The van der Waals surface area contributed by atoms with E-state index in [0.29, 0.717) is 12.8 Å². The smallest absolute Gasteiger partial charge is 0.504 e. The molecule has 8 heteroatoms. The standard InChI is InChI=1S/C18H23O7P/c1-11(7-13-3-5-15(19)17(21)9-13)12(2)8-14-4-6-16(20)18(10-14)25-26(22,23)24/h3-6,9-12,19-21H,7-8H2,1-2H3,(H2,22,23,24). The van der Waals surface area contributed by atoms with Gasteiger partial charge < -0.3 is 19.8 Å². The van der Waals surface area contributed by atoms with Crippen molar-refractivity contribution in [2.45, 2.75) is 26.7 Å². The van der Waals surface area contributed by atoms with Gasteiger partial charge in [-0.1, -0.05) is 26.0 Å². The summed E-state index contributed by atoms with van der Waals surface area (Å²) in [7, 11) is -4.75. The molecule has 2 unspecified atom stereocenters. The van der Waals surface area contributed by atoms with Gasteiger partial charge in [0.25, 0.3) is 0 Å². The van der Waals surface area contributed by atoms with Gasteiger partial charge >= 0.3 is 7.82 Å². The molecule has 0 amide bonds. The second-order valence-electron chi connectivity index (χ2n) is 6.57. The lowest BCUT2D eigenvalue weighted by molar-refractivity contribution is 0.277. The van der Waals surface area contributed by atoms with Crippen molar-refractivity contribution in [1.82, 2.24) is 0 Å². The second kappa shape index (κ2) is 7.99. The molecule has 26 heavy (non-hydrogen) atoms. The summed E-state index contributed by atoms with van der Waals surface area (Å²) in [5.41, 5.74) is 1.68. The van der Waals surface area contributed by atoms with Crippen LogP contribution in [0.5, 0.6) is 23.0 Å². The van der Waals surface area contributed by atoms with Crippen LogP contribution >= 0.6 is 7.82 Å². The first-order valence-electron chi connectivity index (χ1n) is 8.13. The highest BCUT2D eigenvalue weighted by Gasteiger charge is 2.20. The third-order valence-electron chi connectivity index (χ3n) is 4.37. The van der Waals surface area contributed by atoms with E-state index in [0.717, 1.165) is 11.1 Å². The van der Waals surface area contributed by atoms with Gasteiger partial charge in [-0.2, -0.15) is 0 Å². The number of rotatable bonds is 7. The summed E-state index contributed by atoms with van der Waals surface area (Å²) in [5.74, 6) is -0.454. The van der Waals surface area contributed by atoms with Crippen LogP contribution in [0.2, 0.25) is 0 Å². The van der Waals surface area contributed by atoms with Crippen LogP contribution in [0.25, 0.3) is 0 Å². The minimum atomic E-state index is -4.75. The molecule has 2 atom stereocenters. The Hall–Kier alpha value is -2.21. The number of benzene rings is 2. The predicted molar refractivity (Wildman–Crippen MR) is 96.3 cm³/mol. The molecule has 0 aliphatic rings. The van der Waals surface area contributed by atoms with Gasteiger partial charge in [-0.25, -0.2) is 4.57 Å². The molecule has 0 spiro atoms. The van der Waals surface area contributed by atoms with Gasteiger partial charge in [0.2, 0.25) is 0 Å². The summed E-state index contributed by atoms with van der Waals surface area (Å²) in [6.45, 7) is 4.10. The Morgan fingerprint density at radius 2 is 1.35 bits per heavy atom. The molecule has 0 bridgehead atoms. The molecule has 7 nitrogen and oxygen atoms in total. The van der Waals surface area contributed by atoms with Gasteiger partial charge in [-0.05, 0) is 60.1 Å². The number of hydrogen-bond donors (Lipinski definition) is 5. The molecule has 0 heterocycles. The lowest BCUT2D eigenvalue weighted by atomic mass is 9.85. The molecule has 142 valence electrons. The molecule has 2 aromatic rings. The Bertz CT molecular complexity index is 815. The number of phenolic OH excluding ortho intramolecular Hbond substituents is 3. The largest absolute Gasteiger partial charge is 0.524 e. The van der Waals surface area contributed by atoms with Gasteiger partial charge in [-0.3, -0.25) is 9.79 Å². The first-order chi connectivity index (χ1) is 12.0. The van der Waals surface area contributed by atoms with Crippen molar-refractivity contribution in [1.29, 1.82) is 0 Å². The van der Waals surface area contributed by atoms with Crippen molar-refractivity contribution < 1.29 is 34.2 Å². The van der Waals surface area contributed by atoms with E-state index >= 15 is 0 Å². The fourth-order valence-corrected chi connectivity index (χ4v) is 3.13. The van der Waals surface area contributed by atoms with E-state index in [9.17, 15) is 19.9 Å². The highest BCUT2D eigenvalue weighted by Crippen LogP contribution is 2.42. The van der Waals surface area contributed by atoms with E-state index in [4.69, 9.17) is 9.79 Å². The van der Waals surface area contributed by atoms with Crippen molar-refractivity contribution >= 4 is 7.82 Å². The maximum atomic E-state index is 11.0. The molecular formula is C18H23O7P. The molecule has 5 N–H and O–H groups in total. The predicted octanol–water partition coefficient (Wildman–Crippen LogP) is 3.33. The van der Waals surface area contributed by atoms with Gasteiger partial charge in [0.05, 0.1) is 0 Å². The monoisotopic (exact) mass is 382 g/mol. The number of aromatic hydroxyl groups is 3. The molecule has 0 saturated carbocycles. The van der Waals surface area contributed by atoms with Crippen molar-refractivity contribution in [3.05, 3.63) is 47.5 Å². The zero-order chi connectivity index (χ0) is 19.5. The molecule has 0 radical (unpaired) electrons. The topological polar surface area (TPSA) is 127 Å². The Morgan fingerprint density at radius 3 is 1.85 bits per heavy atom. The van der Waals surface area contributed by atoms with Crippen LogP contribution in [0.1, 0.15) is 25.0 Å². The summed E-state index contributed by atoms with van der Waals surface area (Å²) in [5, 5.41) is 28.6. The van der Waals surface area contributed by atoms with Crippen LogP contribution in [0.15, 0.2) is 36.4 Å². The van der Waals surface area contributed by atoms with E-state index in [1.165, 1.54) is 24.3 Å². The first-order valence-corrected chi connectivity index (χ1v) is 9.66. The van der Waals surface area contributed by atoms with Gasteiger partial charge in [0, 0.05) is 0 Å². The minimum absolute atomic E-state index is 0.153. The van der Waals surface area contributed by atoms with Gasteiger partial charge in [0.15, 0.2) is 23.0 Å². The molecule has 0 aliphatic heterocycles. The fraction of sp³-hybridized carbons (Fsp3) is 0.333. The number of phenols is 3. The molecule has 0 aliphatic carbocycles. The van der Waals surface area contributed by atoms with Crippen LogP contribution < -0.4 is 4.52 Å². The molecule has 2 aromatic carbocycles. The second-order valence-corrected chi connectivity index (χ2v) is 7.73. The number of hydrogen-bond acceptors (Lipinski definition) is 5. The van der Waals surface area contributed by atoms with E-state index in [1.807, 2.05) is 6.92 Å². The van der Waals surface area contributed by atoms with E-state index in [1.54, 1.807) is 12.1 Å². The Labute approximate surface area is 151 Å². The normalized spacial score (nSPS) is 14.0. The van der Waals surface area contributed by atoms with Gasteiger partial charge in [0.1, 0.15) is 0 Å². The summed E-state index contributed by atoms with van der Waals surface area (Å²) in [4.78, 5) is 17.8. The Morgan fingerprint density at radius 1 is 0.846 bits per heavy atom. The van der Waals surface area contributed by atoms with Crippen LogP contribution in [-0.4, -0.2) is 25.1 Å². The van der Waals surface area contributed by atoms with E-state index in [2.05, 4.69) is 11.4 Å². The van der Waals surface area contributed by atoms with Crippen LogP contribution in [0, 0.1) is 11.8 Å². The highest BCUT2D eigenvalue weighted by atomic mass is 31.2. The molecule has 0 saturated heterocycles. The van der Waals surface area contributed by atoms with Crippen LogP contribution in [-0.2, 0) is 17.4 Å². The van der Waals surface area contributed by atoms with Gasteiger partial charge in [-0.15, -0.1) is 0 Å². The Balaban J connectivity index is 2.06. The third-order valence-corrected chi connectivity index (χ3v) is 4.80. The summed E-state index contributed by atoms with van der Waals surface area (Å²) >= 11 is 0. The average molecular weight is 382 g/mol. The van der Waals surface area contributed by atoms with Crippen LogP contribution in [0.4, 0.5) is 0 Å².